The van der Waals surface area contributed by atoms with Gasteiger partial charge in [0.1, 0.15) is 0 Å². The van der Waals surface area contributed by atoms with E-state index in [-0.39, 0.29) is 5.91 Å². The van der Waals surface area contributed by atoms with Gasteiger partial charge in [-0.2, -0.15) is 5.10 Å². The summed E-state index contributed by atoms with van der Waals surface area (Å²) in [4.78, 5) is 11.8. The highest BCUT2D eigenvalue weighted by molar-refractivity contribution is 9.10. The largest absolute Gasteiger partial charge is 0.271 e. The molecule has 0 aliphatic heterocycles. The zero-order chi connectivity index (χ0) is 13.7. The molecule has 0 spiro atoms. The number of hydrazone groups is 1. The van der Waals surface area contributed by atoms with Gasteiger partial charge in [0.05, 0.1) is 5.71 Å². The van der Waals surface area contributed by atoms with Crippen LogP contribution >= 0.6 is 15.9 Å². The van der Waals surface area contributed by atoms with Crippen molar-refractivity contribution in [2.24, 2.45) is 5.10 Å². The maximum atomic E-state index is 11.8. The zero-order valence-electron chi connectivity index (χ0n) is 10.4. The molecule has 0 aromatic heterocycles. The van der Waals surface area contributed by atoms with E-state index in [1.165, 1.54) is 0 Å². The lowest BCUT2D eigenvalue weighted by Gasteiger charge is -2.04. The van der Waals surface area contributed by atoms with E-state index in [4.69, 9.17) is 0 Å². The van der Waals surface area contributed by atoms with Crippen LogP contribution in [0.5, 0.6) is 0 Å². The minimum Gasteiger partial charge on any atom is -0.267 e. The Hall–Kier alpha value is -1.94. The fourth-order valence-corrected chi connectivity index (χ4v) is 2.18. The van der Waals surface area contributed by atoms with Crippen molar-refractivity contribution in [3.8, 4) is 0 Å². The Morgan fingerprint density at radius 3 is 2.37 bits per heavy atom. The molecule has 0 heterocycles. The Morgan fingerprint density at radius 1 is 1.05 bits per heavy atom. The Morgan fingerprint density at radius 2 is 1.68 bits per heavy atom. The predicted octanol–water partition coefficient (Wildman–Crippen LogP) is 3.60. The summed E-state index contributed by atoms with van der Waals surface area (Å²) >= 11 is 3.46. The van der Waals surface area contributed by atoms with Crippen molar-refractivity contribution in [1.29, 1.82) is 0 Å². The highest BCUT2D eigenvalue weighted by Crippen LogP contribution is 2.16. The Bertz CT molecular complexity index is 609. The van der Waals surface area contributed by atoms with Gasteiger partial charge in [0.15, 0.2) is 0 Å². The molecule has 3 nitrogen and oxygen atoms in total. The molecule has 2 rings (SSSR count). The molecular weight excluding hydrogens is 304 g/mol. The van der Waals surface area contributed by atoms with Crippen molar-refractivity contribution in [1.82, 2.24) is 5.43 Å². The van der Waals surface area contributed by atoms with Gasteiger partial charge in [-0.3, -0.25) is 4.79 Å². The van der Waals surface area contributed by atoms with Gasteiger partial charge < -0.3 is 0 Å². The minimum absolute atomic E-state index is 0.216. The van der Waals surface area contributed by atoms with Crippen molar-refractivity contribution in [3.05, 3.63) is 70.2 Å². The first-order chi connectivity index (χ1) is 9.18. The van der Waals surface area contributed by atoms with Crippen LogP contribution in [0.3, 0.4) is 0 Å². The molecule has 0 fully saturated rings. The summed E-state index contributed by atoms with van der Waals surface area (Å²) in [7, 11) is 0. The Labute approximate surface area is 120 Å². The first kappa shape index (κ1) is 13.5. The molecule has 1 amide bonds. The molecule has 0 atom stereocenters. The van der Waals surface area contributed by atoms with Crippen molar-refractivity contribution in [2.75, 3.05) is 0 Å². The van der Waals surface area contributed by atoms with Gasteiger partial charge in [-0.15, -0.1) is 0 Å². The number of carbonyl (C=O) groups excluding carboxylic acids is 1. The van der Waals surface area contributed by atoms with Crippen LogP contribution in [0.4, 0.5) is 0 Å². The molecular formula is C15H13BrN2O. The minimum atomic E-state index is -0.216. The van der Waals surface area contributed by atoms with Gasteiger partial charge in [0.2, 0.25) is 0 Å². The first-order valence-corrected chi connectivity index (χ1v) is 6.62. The number of hydrogen-bond acceptors (Lipinski definition) is 2. The molecule has 19 heavy (non-hydrogen) atoms. The van der Waals surface area contributed by atoms with E-state index in [9.17, 15) is 4.79 Å². The van der Waals surface area contributed by atoms with Gasteiger partial charge in [-0.25, -0.2) is 5.43 Å². The topological polar surface area (TPSA) is 41.5 Å². The highest BCUT2D eigenvalue weighted by Gasteiger charge is 2.05. The second kappa shape index (κ2) is 6.29. The van der Waals surface area contributed by atoms with Crippen molar-refractivity contribution >= 4 is 27.5 Å². The normalized spacial score (nSPS) is 11.2. The van der Waals surface area contributed by atoms with Crippen LogP contribution in [0.15, 0.2) is 64.2 Å². The summed E-state index contributed by atoms with van der Waals surface area (Å²) in [5.41, 5.74) is 4.84. The maximum Gasteiger partial charge on any atom is 0.271 e. The predicted molar refractivity (Wildman–Crippen MR) is 80.3 cm³/mol. The standard InChI is InChI=1S/C15H13BrN2O/c1-11(13-9-5-6-10-14(13)16)17-18-15(19)12-7-3-2-4-8-12/h2-10H,1H3,(H,18,19)/b17-11+. The third-order valence-electron chi connectivity index (χ3n) is 2.62. The lowest BCUT2D eigenvalue weighted by Crippen LogP contribution is -2.19. The lowest BCUT2D eigenvalue weighted by atomic mass is 10.1. The number of rotatable bonds is 3. The molecule has 96 valence electrons. The van der Waals surface area contributed by atoms with Gasteiger partial charge in [0, 0.05) is 15.6 Å². The summed E-state index contributed by atoms with van der Waals surface area (Å²) in [6, 6.07) is 16.7. The summed E-state index contributed by atoms with van der Waals surface area (Å²) < 4.78 is 0.949. The molecule has 2 aromatic rings. The van der Waals surface area contributed by atoms with Crippen molar-refractivity contribution in [3.63, 3.8) is 0 Å². The SMILES string of the molecule is C/C(=N\NC(=O)c1ccccc1)c1ccccc1Br. The number of benzene rings is 2. The van der Waals surface area contributed by atoms with E-state index >= 15 is 0 Å². The smallest absolute Gasteiger partial charge is 0.267 e. The van der Waals surface area contributed by atoms with E-state index < -0.39 is 0 Å². The molecule has 2 aromatic carbocycles. The third kappa shape index (κ3) is 3.51. The molecule has 0 aliphatic carbocycles. The van der Waals surface area contributed by atoms with Crippen LogP contribution in [0.1, 0.15) is 22.8 Å². The van der Waals surface area contributed by atoms with Gasteiger partial charge in [-0.1, -0.05) is 52.3 Å². The van der Waals surface area contributed by atoms with Gasteiger partial charge in [0.25, 0.3) is 5.91 Å². The summed E-state index contributed by atoms with van der Waals surface area (Å²) in [5, 5.41) is 4.12. The number of halogens is 1. The van der Waals surface area contributed by atoms with E-state index in [1.807, 2.05) is 49.4 Å². The van der Waals surface area contributed by atoms with Gasteiger partial charge in [-0.05, 0) is 25.1 Å². The molecule has 0 saturated carbocycles. The van der Waals surface area contributed by atoms with Crippen LogP contribution < -0.4 is 5.43 Å². The van der Waals surface area contributed by atoms with E-state index in [0.29, 0.717) is 5.56 Å². The summed E-state index contributed by atoms with van der Waals surface area (Å²) in [6.07, 6.45) is 0. The number of carbonyl (C=O) groups is 1. The van der Waals surface area contributed by atoms with Crippen LogP contribution in [0.25, 0.3) is 0 Å². The fraction of sp³-hybridized carbons (Fsp3) is 0.0667. The quantitative estimate of drug-likeness (QED) is 0.682. The molecule has 0 saturated heterocycles. The van der Waals surface area contributed by atoms with Crippen LogP contribution in [-0.2, 0) is 0 Å². The number of hydrogen-bond donors (Lipinski definition) is 1. The number of nitrogens with zero attached hydrogens (tertiary/aromatic N) is 1. The highest BCUT2D eigenvalue weighted by atomic mass is 79.9. The molecule has 0 unspecified atom stereocenters. The van der Waals surface area contributed by atoms with E-state index in [0.717, 1.165) is 15.7 Å². The third-order valence-corrected chi connectivity index (χ3v) is 3.32. The average molecular weight is 317 g/mol. The second-order valence-corrected chi connectivity index (χ2v) is 4.84. The Kier molecular flexibility index (Phi) is 4.47. The molecule has 4 heteroatoms. The van der Waals surface area contributed by atoms with Gasteiger partial charge >= 0.3 is 0 Å². The van der Waals surface area contributed by atoms with Crippen molar-refractivity contribution in [2.45, 2.75) is 6.92 Å². The van der Waals surface area contributed by atoms with Crippen LogP contribution in [0.2, 0.25) is 0 Å². The summed E-state index contributed by atoms with van der Waals surface area (Å²) in [5.74, 6) is -0.216. The van der Waals surface area contributed by atoms with E-state index in [1.54, 1.807) is 12.1 Å². The average Bonchev–Trinajstić information content (AvgIpc) is 2.46. The van der Waals surface area contributed by atoms with Crippen LogP contribution in [0, 0.1) is 0 Å². The van der Waals surface area contributed by atoms with E-state index in [2.05, 4.69) is 26.5 Å². The zero-order valence-corrected chi connectivity index (χ0v) is 12.0. The lowest BCUT2D eigenvalue weighted by molar-refractivity contribution is 0.0955. The molecule has 0 radical (unpaired) electrons. The van der Waals surface area contributed by atoms with Crippen molar-refractivity contribution < 1.29 is 4.79 Å². The van der Waals surface area contributed by atoms with Crippen LogP contribution in [-0.4, -0.2) is 11.6 Å². The monoisotopic (exact) mass is 316 g/mol. The summed E-state index contributed by atoms with van der Waals surface area (Å²) in [6.45, 7) is 1.85. The molecule has 0 aliphatic rings. The number of nitrogens with one attached hydrogen (secondary N) is 1. The first-order valence-electron chi connectivity index (χ1n) is 5.83. The number of amides is 1. The fourth-order valence-electron chi connectivity index (χ4n) is 1.60. The molecule has 0 bridgehead atoms. The Balaban J connectivity index is 2.11. The maximum absolute atomic E-state index is 11.8. The molecule has 1 N–H and O–H groups in total. The second-order valence-electron chi connectivity index (χ2n) is 3.98.